The number of nitrogens with zero attached hydrogens (tertiary/aromatic N) is 3. The Labute approximate surface area is 211 Å². The van der Waals surface area contributed by atoms with Crippen molar-refractivity contribution < 1.29 is 4.79 Å². The molecule has 0 fully saturated rings. The molecule has 1 N–H and O–H groups in total. The summed E-state index contributed by atoms with van der Waals surface area (Å²) in [5, 5.41) is 4.29. The molecular formula is C27H27ClN4OS. The van der Waals surface area contributed by atoms with E-state index < -0.39 is 6.17 Å². The molecule has 0 radical (unpaired) electrons. The van der Waals surface area contributed by atoms with Gasteiger partial charge in [-0.2, -0.15) is 0 Å². The Kier molecular flexibility index (Phi) is 7.29. The maximum Gasteiger partial charge on any atom is 0.272 e. The van der Waals surface area contributed by atoms with Crippen LogP contribution in [-0.2, 0) is 11.3 Å². The Morgan fingerprint density at radius 2 is 1.88 bits per heavy atom. The number of amides is 1. The maximum absolute atomic E-state index is 13.5. The minimum Gasteiger partial charge on any atom is -0.345 e. The van der Waals surface area contributed by atoms with E-state index in [1.807, 2.05) is 60.4 Å². The average Bonchev–Trinajstić information content (AvgIpc) is 2.93. The number of carbonyl (C=O) groups is 1. The van der Waals surface area contributed by atoms with Crippen molar-refractivity contribution >= 4 is 46.2 Å². The first-order valence-electron chi connectivity index (χ1n) is 11.2. The lowest BCUT2D eigenvalue weighted by Gasteiger charge is -2.28. The SMILES string of the molecule is CCN(Cc1cccc(C)c1)C(=S)NC1N=C(c2ccccc2)c2cc(Cl)ccc2N(C)C1=O. The molecule has 0 spiro atoms. The molecule has 3 aromatic rings. The lowest BCUT2D eigenvalue weighted by Crippen LogP contribution is -2.50. The van der Waals surface area contributed by atoms with E-state index in [1.54, 1.807) is 18.0 Å². The molecule has 1 atom stereocenters. The number of thiocarbonyl (C=S) groups is 1. The van der Waals surface area contributed by atoms with Crippen LogP contribution in [0.5, 0.6) is 0 Å². The van der Waals surface area contributed by atoms with Crippen LogP contribution in [0.2, 0.25) is 5.02 Å². The molecule has 3 aromatic carbocycles. The Morgan fingerprint density at radius 1 is 1.12 bits per heavy atom. The molecule has 1 aliphatic rings. The lowest BCUT2D eigenvalue weighted by atomic mass is 10.0. The fourth-order valence-corrected chi connectivity index (χ4v) is 4.51. The summed E-state index contributed by atoms with van der Waals surface area (Å²) in [6.45, 7) is 5.45. The fourth-order valence-electron chi connectivity index (χ4n) is 4.03. The predicted octanol–water partition coefficient (Wildman–Crippen LogP) is 5.18. The average molecular weight is 491 g/mol. The van der Waals surface area contributed by atoms with E-state index in [-0.39, 0.29) is 5.91 Å². The highest BCUT2D eigenvalue weighted by Gasteiger charge is 2.31. The molecule has 34 heavy (non-hydrogen) atoms. The Balaban J connectivity index is 1.68. The second-order valence-corrected chi connectivity index (χ2v) is 9.08. The summed E-state index contributed by atoms with van der Waals surface area (Å²) in [6.07, 6.45) is -0.870. The standard InChI is InChI=1S/C27H27ClN4OS/c1-4-32(17-19-10-8-9-18(2)15-19)27(34)30-25-26(33)31(3)23-14-13-21(28)16-22(23)24(29-25)20-11-6-5-7-12-20/h5-16,25H,4,17H2,1-3H3,(H,30,34). The zero-order valence-corrected chi connectivity index (χ0v) is 21.0. The molecule has 4 rings (SSSR count). The molecule has 1 unspecified atom stereocenters. The summed E-state index contributed by atoms with van der Waals surface area (Å²) >= 11 is 12.1. The largest absolute Gasteiger partial charge is 0.345 e. The second-order valence-electron chi connectivity index (χ2n) is 8.26. The molecule has 1 aliphatic heterocycles. The zero-order valence-electron chi connectivity index (χ0n) is 19.5. The molecule has 7 heteroatoms. The monoisotopic (exact) mass is 490 g/mol. The number of fused-ring (bicyclic) bond motifs is 1. The molecule has 0 saturated heterocycles. The van der Waals surface area contributed by atoms with Crippen molar-refractivity contribution in [2.24, 2.45) is 4.99 Å². The fraction of sp³-hybridized carbons (Fsp3) is 0.222. The molecule has 0 saturated carbocycles. The van der Waals surface area contributed by atoms with Crippen LogP contribution in [-0.4, -0.2) is 41.4 Å². The highest BCUT2D eigenvalue weighted by molar-refractivity contribution is 7.80. The van der Waals surface area contributed by atoms with E-state index in [1.165, 1.54) is 5.56 Å². The van der Waals surface area contributed by atoms with Crippen LogP contribution in [0.3, 0.4) is 0 Å². The molecule has 1 heterocycles. The summed E-state index contributed by atoms with van der Waals surface area (Å²) in [5.74, 6) is -0.191. The van der Waals surface area contributed by atoms with Crippen LogP contribution in [0.4, 0.5) is 5.69 Å². The zero-order chi connectivity index (χ0) is 24.2. The van der Waals surface area contributed by atoms with E-state index in [2.05, 4.69) is 30.4 Å². The van der Waals surface area contributed by atoms with Gasteiger partial charge in [-0.3, -0.25) is 4.79 Å². The van der Waals surface area contributed by atoms with Gasteiger partial charge in [0, 0.05) is 36.3 Å². The van der Waals surface area contributed by atoms with E-state index >= 15 is 0 Å². The number of benzodiazepines with no additional fused rings is 1. The van der Waals surface area contributed by atoms with Crippen LogP contribution >= 0.6 is 23.8 Å². The molecule has 0 bridgehead atoms. The maximum atomic E-state index is 13.5. The second kappa shape index (κ2) is 10.4. The number of benzene rings is 3. The van der Waals surface area contributed by atoms with Crippen molar-refractivity contribution in [2.75, 3.05) is 18.5 Å². The summed E-state index contributed by atoms with van der Waals surface area (Å²) in [5.41, 5.74) is 5.50. The van der Waals surface area contributed by atoms with Crippen molar-refractivity contribution in [2.45, 2.75) is 26.6 Å². The van der Waals surface area contributed by atoms with Crippen LogP contribution in [0.15, 0.2) is 77.8 Å². The summed E-state index contributed by atoms with van der Waals surface area (Å²) in [4.78, 5) is 22.0. The van der Waals surface area contributed by atoms with Gasteiger partial charge >= 0.3 is 0 Å². The highest BCUT2D eigenvalue weighted by atomic mass is 35.5. The number of aliphatic imine (C=N–C) groups is 1. The van der Waals surface area contributed by atoms with Gasteiger partial charge in [-0.15, -0.1) is 0 Å². The first-order chi connectivity index (χ1) is 16.4. The third-order valence-corrected chi connectivity index (χ3v) is 6.44. The van der Waals surface area contributed by atoms with Gasteiger partial charge in [-0.25, -0.2) is 4.99 Å². The van der Waals surface area contributed by atoms with E-state index in [4.69, 9.17) is 28.8 Å². The van der Waals surface area contributed by atoms with Crippen molar-refractivity contribution in [1.82, 2.24) is 10.2 Å². The van der Waals surface area contributed by atoms with Crippen LogP contribution in [0.25, 0.3) is 0 Å². The normalized spacial score (nSPS) is 15.3. The van der Waals surface area contributed by atoms with Crippen LogP contribution < -0.4 is 10.2 Å². The number of carbonyl (C=O) groups excluding carboxylic acids is 1. The topological polar surface area (TPSA) is 47.9 Å². The molecule has 0 aromatic heterocycles. The number of anilines is 1. The predicted molar refractivity (Wildman–Crippen MR) is 144 cm³/mol. The lowest BCUT2D eigenvalue weighted by molar-refractivity contribution is -0.119. The molecule has 1 amide bonds. The van der Waals surface area contributed by atoms with Gasteiger partial charge in [0.15, 0.2) is 5.11 Å². The van der Waals surface area contributed by atoms with Crippen molar-refractivity contribution in [3.8, 4) is 0 Å². The quantitative estimate of drug-likeness (QED) is 0.500. The number of rotatable bonds is 5. The van der Waals surface area contributed by atoms with Crippen LogP contribution in [0.1, 0.15) is 29.2 Å². The van der Waals surface area contributed by atoms with E-state index in [0.29, 0.717) is 28.9 Å². The number of hydrogen-bond donors (Lipinski definition) is 1. The Bertz CT molecular complexity index is 1240. The molecule has 174 valence electrons. The molecular weight excluding hydrogens is 464 g/mol. The third-order valence-electron chi connectivity index (χ3n) is 5.83. The van der Waals surface area contributed by atoms with Gasteiger partial charge in [0.25, 0.3) is 5.91 Å². The van der Waals surface area contributed by atoms with Gasteiger partial charge in [0.2, 0.25) is 6.17 Å². The van der Waals surface area contributed by atoms with Crippen molar-refractivity contribution in [1.29, 1.82) is 0 Å². The number of hydrogen-bond acceptors (Lipinski definition) is 3. The smallest absolute Gasteiger partial charge is 0.272 e. The number of aryl methyl sites for hydroxylation is 1. The van der Waals surface area contributed by atoms with E-state index in [9.17, 15) is 4.79 Å². The third kappa shape index (κ3) is 5.13. The van der Waals surface area contributed by atoms with E-state index in [0.717, 1.165) is 22.4 Å². The number of nitrogens with one attached hydrogen (secondary N) is 1. The Morgan fingerprint density at radius 3 is 2.59 bits per heavy atom. The molecule has 0 aliphatic carbocycles. The van der Waals surface area contributed by atoms with Crippen LogP contribution in [0, 0.1) is 6.92 Å². The number of likely N-dealkylation sites (N-methyl/N-ethyl adjacent to an activating group) is 1. The van der Waals surface area contributed by atoms with Crippen molar-refractivity contribution in [3.05, 3.63) is 100 Å². The minimum atomic E-state index is -0.870. The highest BCUT2D eigenvalue weighted by Crippen LogP contribution is 2.30. The van der Waals surface area contributed by atoms with Gasteiger partial charge in [0.05, 0.1) is 11.4 Å². The summed E-state index contributed by atoms with van der Waals surface area (Å²) in [6, 6.07) is 23.6. The first-order valence-corrected chi connectivity index (χ1v) is 12.0. The summed E-state index contributed by atoms with van der Waals surface area (Å²) in [7, 11) is 1.75. The first kappa shape index (κ1) is 23.9. The Hall–Kier alpha value is -3.22. The minimum absolute atomic E-state index is 0.191. The van der Waals surface area contributed by atoms with Crippen molar-refractivity contribution in [3.63, 3.8) is 0 Å². The van der Waals surface area contributed by atoms with Gasteiger partial charge in [-0.1, -0.05) is 71.8 Å². The van der Waals surface area contributed by atoms with Gasteiger partial charge < -0.3 is 15.1 Å². The van der Waals surface area contributed by atoms with Gasteiger partial charge in [-0.05, 0) is 49.8 Å². The van der Waals surface area contributed by atoms with Gasteiger partial charge in [0.1, 0.15) is 0 Å². The molecule has 5 nitrogen and oxygen atoms in total. The number of halogens is 1. The summed E-state index contributed by atoms with van der Waals surface area (Å²) < 4.78 is 0.